The monoisotopic (exact) mass is 324 g/mol. The summed E-state index contributed by atoms with van der Waals surface area (Å²) >= 11 is 0. The summed E-state index contributed by atoms with van der Waals surface area (Å²) in [4.78, 5) is 7.62. The molecule has 0 spiro atoms. The van der Waals surface area contributed by atoms with E-state index in [0.29, 0.717) is 6.54 Å². The van der Waals surface area contributed by atoms with Crippen molar-refractivity contribution in [2.24, 2.45) is 0 Å². The highest BCUT2D eigenvalue weighted by Crippen LogP contribution is 2.29. The van der Waals surface area contributed by atoms with E-state index in [0.717, 1.165) is 17.2 Å². The standard InChI is InChI=1S/C16H19F3N4/c1-10(2)21-15-22-13(16(17,18)19)8-14(23-15)20-9-12-6-4-5-11(3)7-12/h4-8,10H,9H2,1-3H3,(H2,20,21,22,23). The second-order valence-electron chi connectivity index (χ2n) is 5.60. The molecule has 0 aliphatic heterocycles. The molecule has 1 aromatic carbocycles. The Morgan fingerprint density at radius 1 is 1.13 bits per heavy atom. The quantitative estimate of drug-likeness (QED) is 0.864. The van der Waals surface area contributed by atoms with Gasteiger partial charge in [-0.05, 0) is 26.3 Å². The minimum Gasteiger partial charge on any atom is -0.366 e. The van der Waals surface area contributed by atoms with Crippen LogP contribution >= 0.6 is 0 Å². The number of alkyl halides is 3. The number of hydrogen-bond acceptors (Lipinski definition) is 4. The number of aromatic nitrogens is 2. The molecule has 0 aliphatic rings. The first-order valence-electron chi connectivity index (χ1n) is 7.26. The second kappa shape index (κ2) is 6.85. The second-order valence-corrected chi connectivity index (χ2v) is 5.60. The Kier molecular flexibility index (Phi) is 5.08. The largest absolute Gasteiger partial charge is 0.433 e. The van der Waals surface area contributed by atoms with Gasteiger partial charge in [-0.1, -0.05) is 29.8 Å². The lowest BCUT2D eigenvalue weighted by Gasteiger charge is -2.14. The molecular formula is C16H19F3N4. The van der Waals surface area contributed by atoms with Gasteiger partial charge in [0.1, 0.15) is 5.82 Å². The topological polar surface area (TPSA) is 49.8 Å². The predicted molar refractivity (Wildman–Crippen MR) is 84.3 cm³/mol. The molecule has 0 unspecified atom stereocenters. The number of halogens is 3. The summed E-state index contributed by atoms with van der Waals surface area (Å²) < 4.78 is 38.9. The number of nitrogens with one attached hydrogen (secondary N) is 2. The third-order valence-corrected chi connectivity index (χ3v) is 2.99. The molecule has 4 nitrogen and oxygen atoms in total. The third-order valence-electron chi connectivity index (χ3n) is 2.99. The molecule has 23 heavy (non-hydrogen) atoms. The lowest BCUT2D eigenvalue weighted by molar-refractivity contribution is -0.141. The van der Waals surface area contributed by atoms with Gasteiger partial charge in [-0.15, -0.1) is 0 Å². The summed E-state index contributed by atoms with van der Waals surface area (Å²) in [5, 5.41) is 5.73. The summed E-state index contributed by atoms with van der Waals surface area (Å²) in [5.74, 6) is 0.0959. The van der Waals surface area contributed by atoms with Crippen LogP contribution in [-0.2, 0) is 12.7 Å². The van der Waals surface area contributed by atoms with E-state index in [2.05, 4.69) is 20.6 Å². The van der Waals surface area contributed by atoms with E-state index >= 15 is 0 Å². The van der Waals surface area contributed by atoms with E-state index in [1.54, 1.807) is 0 Å². The van der Waals surface area contributed by atoms with Gasteiger partial charge in [-0.3, -0.25) is 0 Å². The molecule has 0 atom stereocenters. The Morgan fingerprint density at radius 3 is 2.48 bits per heavy atom. The van der Waals surface area contributed by atoms with Gasteiger partial charge in [0.2, 0.25) is 5.95 Å². The highest BCUT2D eigenvalue weighted by atomic mass is 19.4. The number of rotatable bonds is 5. The molecule has 0 aliphatic carbocycles. The summed E-state index contributed by atoms with van der Waals surface area (Å²) in [7, 11) is 0. The predicted octanol–water partition coefficient (Wildman–Crippen LogP) is 4.24. The van der Waals surface area contributed by atoms with Crippen molar-refractivity contribution in [3.05, 3.63) is 47.2 Å². The van der Waals surface area contributed by atoms with Crippen LogP contribution in [0.15, 0.2) is 30.3 Å². The maximum atomic E-state index is 13.0. The van der Waals surface area contributed by atoms with Crippen molar-refractivity contribution in [2.75, 3.05) is 10.6 Å². The van der Waals surface area contributed by atoms with Crippen LogP contribution in [0.3, 0.4) is 0 Å². The molecule has 0 saturated carbocycles. The highest BCUT2D eigenvalue weighted by Gasteiger charge is 2.33. The van der Waals surface area contributed by atoms with Crippen molar-refractivity contribution in [3.8, 4) is 0 Å². The smallest absolute Gasteiger partial charge is 0.366 e. The van der Waals surface area contributed by atoms with Gasteiger partial charge in [0.25, 0.3) is 0 Å². The number of aryl methyl sites for hydroxylation is 1. The van der Waals surface area contributed by atoms with Gasteiger partial charge in [0, 0.05) is 18.7 Å². The van der Waals surface area contributed by atoms with Gasteiger partial charge in [-0.2, -0.15) is 18.2 Å². The number of hydrogen-bond donors (Lipinski definition) is 2. The first kappa shape index (κ1) is 17.1. The molecule has 0 bridgehead atoms. The molecule has 1 aromatic heterocycles. The fourth-order valence-electron chi connectivity index (χ4n) is 2.02. The van der Waals surface area contributed by atoms with Crippen LogP contribution in [0, 0.1) is 6.92 Å². The van der Waals surface area contributed by atoms with E-state index < -0.39 is 11.9 Å². The maximum Gasteiger partial charge on any atom is 0.433 e. The van der Waals surface area contributed by atoms with Crippen molar-refractivity contribution in [1.29, 1.82) is 0 Å². The average Bonchev–Trinajstić information content (AvgIpc) is 2.43. The Hall–Kier alpha value is -2.31. The Balaban J connectivity index is 2.22. The summed E-state index contributed by atoms with van der Waals surface area (Å²) in [6.07, 6.45) is -4.52. The minimum atomic E-state index is -4.52. The average molecular weight is 324 g/mol. The SMILES string of the molecule is Cc1cccc(CNc2cc(C(F)(F)F)nc(NC(C)C)n2)c1. The number of anilines is 2. The van der Waals surface area contributed by atoms with Crippen LogP contribution in [0.4, 0.5) is 24.9 Å². The van der Waals surface area contributed by atoms with Crippen LogP contribution < -0.4 is 10.6 Å². The Bertz CT molecular complexity index is 669. The zero-order valence-corrected chi connectivity index (χ0v) is 13.2. The van der Waals surface area contributed by atoms with E-state index in [-0.39, 0.29) is 17.8 Å². The molecule has 7 heteroatoms. The van der Waals surface area contributed by atoms with Crippen LogP contribution in [0.5, 0.6) is 0 Å². The fraction of sp³-hybridized carbons (Fsp3) is 0.375. The molecule has 0 radical (unpaired) electrons. The van der Waals surface area contributed by atoms with E-state index in [1.165, 1.54) is 0 Å². The van der Waals surface area contributed by atoms with Crippen molar-refractivity contribution in [1.82, 2.24) is 9.97 Å². The summed E-state index contributed by atoms with van der Waals surface area (Å²) in [6.45, 7) is 5.96. The van der Waals surface area contributed by atoms with Gasteiger partial charge < -0.3 is 10.6 Å². The molecule has 0 saturated heterocycles. The normalized spacial score (nSPS) is 11.6. The minimum absolute atomic E-state index is 0.0402. The van der Waals surface area contributed by atoms with Gasteiger partial charge in [-0.25, -0.2) is 4.98 Å². The number of benzene rings is 1. The van der Waals surface area contributed by atoms with Crippen LogP contribution in [0.25, 0.3) is 0 Å². The third kappa shape index (κ3) is 5.12. The maximum absolute atomic E-state index is 13.0. The lowest BCUT2D eigenvalue weighted by Crippen LogP contribution is -2.17. The fourth-order valence-corrected chi connectivity index (χ4v) is 2.02. The Morgan fingerprint density at radius 2 is 1.87 bits per heavy atom. The lowest BCUT2D eigenvalue weighted by atomic mass is 10.1. The zero-order chi connectivity index (χ0) is 17.0. The van der Waals surface area contributed by atoms with Crippen LogP contribution in [-0.4, -0.2) is 16.0 Å². The molecular weight excluding hydrogens is 305 g/mol. The number of nitrogens with zero attached hydrogens (tertiary/aromatic N) is 2. The van der Waals surface area contributed by atoms with Crippen molar-refractivity contribution < 1.29 is 13.2 Å². The van der Waals surface area contributed by atoms with Crippen LogP contribution in [0.1, 0.15) is 30.7 Å². The van der Waals surface area contributed by atoms with E-state index in [1.807, 2.05) is 45.0 Å². The first-order valence-corrected chi connectivity index (χ1v) is 7.26. The van der Waals surface area contributed by atoms with Gasteiger partial charge >= 0.3 is 6.18 Å². The molecule has 2 aromatic rings. The zero-order valence-electron chi connectivity index (χ0n) is 13.2. The van der Waals surface area contributed by atoms with Crippen molar-refractivity contribution in [3.63, 3.8) is 0 Å². The molecule has 2 N–H and O–H groups in total. The molecule has 2 rings (SSSR count). The Labute approximate surface area is 133 Å². The molecule has 0 amide bonds. The van der Waals surface area contributed by atoms with Crippen molar-refractivity contribution in [2.45, 2.75) is 39.5 Å². The molecule has 0 fully saturated rings. The summed E-state index contributed by atoms with van der Waals surface area (Å²) in [6, 6.07) is 8.58. The van der Waals surface area contributed by atoms with Gasteiger partial charge in [0.15, 0.2) is 5.69 Å². The van der Waals surface area contributed by atoms with Gasteiger partial charge in [0.05, 0.1) is 0 Å². The first-order chi connectivity index (χ1) is 10.7. The summed E-state index contributed by atoms with van der Waals surface area (Å²) in [5.41, 5.74) is 1.09. The van der Waals surface area contributed by atoms with Crippen molar-refractivity contribution >= 4 is 11.8 Å². The molecule has 1 heterocycles. The van der Waals surface area contributed by atoms with E-state index in [9.17, 15) is 13.2 Å². The van der Waals surface area contributed by atoms with E-state index in [4.69, 9.17) is 0 Å². The molecule has 124 valence electrons. The van der Waals surface area contributed by atoms with Crippen LogP contribution in [0.2, 0.25) is 0 Å². The highest BCUT2D eigenvalue weighted by molar-refractivity contribution is 5.44.